The van der Waals surface area contributed by atoms with Crippen LogP contribution in [-0.4, -0.2) is 37.2 Å². The van der Waals surface area contributed by atoms with Crippen LogP contribution in [-0.2, 0) is 28.6 Å². The lowest BCUT2D eigenvalue weighted by atomic mass is 10.1. The fourth-order valence-electron chi connectivity index (χ4n) is 6.23. The molecular formula is C57H90O6. The Balaban J connectivity index is 4.48. The van der Waals surface area contributed by atoms with E-state index in [2.05, 4.69) is 142 Å². The van der Waals surface area contributed by atoms with Gasteiger partial charge in [-0.1, -0.05) is 181 Å². The van der Waals surface area contributed by atoms with E-state index >= 15 is 0 Å². The first-order valence-corrected chi connectivity index (χ1v) is 25.0. The molecule has 0 aliphatic rings. The summed E-state index contributed by atoms with van der Waals surface area (Å²) in [6, 6.07) is 0. The van der Waals surface area contributed by atoms with E-state index in [1.807, 2.05) is 0 Å². The van der Waals surface area contributed by atoms with Gasteiger partial charge in [0.2, 0.25) is 0 Å². The van der Waals surface area contributed by atoms with Gasteiger partial charge in [-0.2, -0.15) is 0 Å². The lowest BCUT2D eigenvalue weighted by Crippen LogP contribution is -2.30. The molecule has 0 aromatic carbocycles. The summed E-state index contributed by atoms with van der Waals surface area (Å²) in [6.45, 7) is 6.26. The van der Waals surface area contributed by atoms with Crippen molar-refractivity contribution in [1.82, 2.24) is 0 Å². The molecule has 0 radical (unpaired) electrons. The van der Waals surface area contributed by atoms with Gasteiger partial charge in [-0.25, -0.2) is 0 Å². The maximum atomic E-state index is 12.7. The third kappa shape index (κ3) is 48.7. The Hall–Kier alpha value is -4.19. The van der Waals surface area contributed by atoms with Crippen molar-refractivity contribution in [2.24, 2.45) is 0 Å². The van der Waals surface area contributed by atoms with Crippen molar-refractivity contribution in [3.63, 3.8) is 0 Å². The molecule has 1 unspecified atom stereocenters. The van der Waals surface area contributed by atoms with Crippen molar-refractivity contribution in [1.29, 1.82) is 0 Å². The van der Waals surface area contributed by atoms with Gasteiger partial charge in [0.1, 0.15) is 13.2 Å². The van der Waals surface area contributed by atoms with Gasteiger partial charge in [0.25, 0.3) is 0 Å². The van der Waals surface area contributed by atoms with E-state index in [1.54, 1.807) is 0 Å². The van der Waals surface area contributed by atoms with Crippen LogP contribution in [0.3, 0.4) is 0 Å². The van der Waals surface area contributed by atoms with Crippen LogP contribution in [0.25, 0.3) is 0 Å². The number of carbonyl (C=O) groups is 3. The van der Waals surface area contributed by atoms with Gasteiger partial charge >= 0.3 is 17.9 Å². The van der Waals surface area contributed by atoms with Gasteiger partial charge in [0.05, 0.1) is 0 Å². The molecular weight excluding hydrogens is 781 g/mol. The average Bonchev–Trinajstić information content (AvgIpc) is 3.28. The van der Waals surface area contributed by atoms with Gasteiger partial charge in [-0.15, -0.1) is 0 Å². The number of unbranched alkanes of at least 4 members (excludes halogenated alkanes) is 12. The molecule has 6 nitrogen and oxygen atoms in total. The highest BCUT2D eigenvalue weighted by Crippen LogP contribution is 2.12. The smallest absolute Gasteiger partial charge is 0.306 e. The highest BCUT2D eigenvalue weighted by molar-refractivity contribution is 5.71. The molecule has 0 rings (SSSR count). The first-order chi connectivity index (χ1) is 31.0. The van der Waals surface area contributed by atoms with Gasteiger partial charge < -0.3 is 14.2 Å². The molecule has 0 saturated heterocycles. The largest absolute Gasteiger partial charge is 0.462 e. The molecule has 1 atom stereocenters. The topological polar surface area (TPSA) is 78.9 Å². The van der Waals surface area contributed by atoms with E-state index in [1.165, 1.54) is 38.5 Å². The number of allylic oxidation sites excluding steroid dienone is 20. The van der Waals surface area contributed by atoms with Gasteiger partial charge in [-0.05, 0) is 122 Å². The summed E-state index contributed by atoms with van der Waals surface area (Å²) in [5.41, 5.74) is 0. The summed E-state index contributed by atoms with van der Waals surface area (Å²) in [5.74, 6) is -1.04. The first-order valence-electron chi connectivity index (χ1n) is 25.0. The van der Waals surface area contributed by atoms with E-state index in [4.69, 9.17) is 14.2 Å². The monoisotopic (exact) mass is 871 g/mol. The lowest BCUT2D eigenvalue weighted by molar-refractivity contribution is -0.167. The van der Waals surface area contributed by atoms with Crippen LogP contribution >= 0.6 is 0 Å². The minimum atomic E-state index is -0.828. The highest BCUT2D eigenvalue weighted by atomic mass is 16.6. The maximum absolute atomic E-state index is 12.7. The number of esters is 3. The van der Waals surface area contributed by atoms with Crippen molar-refractivity contribution in [3.8, 4) is 0 Å². The van der Waals surface area contributed by atoms with Crippen molar-refractivity contribution < 1.29 is 28.6 Å². The second kappa shape index (κ2) is 50.5. The summed E-state index contributed by atoms with van der Waals surface area (Å²) in [5, 5.41) is 0. The fraction of sp³-hybridized carbons (Fsp3) is 0.596. The Morgan fingerprint density at radius 3 is 1.05 bits per heavy atom. The number of rotatable bonds is 43. The zero-order valence-corrected chi connectivity index (χ0v) is 40.3. The second-order valence-electron chi connectivity index (χ2n) is 16.0. The van der Waals surface area contributed by atoms with Crippen LogP contribution < -0.4 is 0 Å². The number of hydrogen-bond acceptors (Lipinski definition) is 6. The summed E-state index contributed by atoms with van der Waals surface area (Å²) in [4.78, 5) is 37.8. The molecule has 0 spiro atoms. The Morgan fingerprint density at radius 1 is 0.333 bits per heavy atom. The minimum absolute atomic E-state index is 0.121. The van der Waals surface area contributed by atoms with E-state index in [0.29, 0.717) is 19.3 Å². The number of ether oxygens (including phenoxy) is 3. The Bertz CT molecular complexity index is 1370. The zero-order chi connectivity index (χ0) is 45.8. The molecule has 6 heteroatoms. The SMILES string of the molecule is CC/C=C\C/C=C\C/C=C\C/C=C\CCCCCCCCC(=O)OCC(COC(=O)CCCC/C=C\C/C=C\CC)OC(=O)CCC/C=C\C/C=C\C/C=C\C/C=C\CCCCC. The summed E-state index contributed by atoms with van der Waals surface area (Å²) >= 11 is 0. The van der Waals surface area contributed by atoms with Crippen molar-refractivity contribution in [2.45, 2.75) is 207 Å². The van der Waals surface area contributed by atoms with E-state index in [0.717, 1.165) is 116 Å². The molecule has 0 fully saturated rings. The number of carbonyl (C=O) groups excluding carboxylic acids is 3. The zero-order valence-electron chi connectivity index (χ0n) is 40.3. The summed E-state index contributed by atoms with van der Waals surface area (Å²) in [7, 11) is 0. The molecule has 0 heterocycles. The van der Waals surface area contributed by atoms with E-state index in [9.17, 15) is 14.4 Å². The second-order valence-corrected chi connectivity index (χ2v) is 16.0. The van der Waals surface area contributed by atoms with Gasteiger partial charge in [0.15, 0.2) is 6.10 Å². The standard InChI is InChI=1S/C57H90O6/c1-4-7-10-13-16-19-21-23-25-27-28-30-31-33-35-38-41-44-47-50-56(59)62-53-54(52-61-55(58)49-46-43-40-37-18-15-12-9-6-3)63-57(60)51-48-45-42-39-36-34-32-29-26-24-22-20-17-14-11-8-5-2/h7,9-10,12,16-20,23-26,28,30,32,34,37,39,42,54H,4-6,8,11,13-15,21-22,27,29,31,33,35-36,38,40-41,43-53H2,1-3H3/b10-7-,12-9-,19-16-,20-17-,25-23-,26-24-,30-28-,34-32-,37-18-,42-39-. The Labute approximate surface area is 386 Å². The summed E-state index contributed by atoms with van der Waals surface area (Å²) < 4.78 is 16.6. The lowest BCUT2D eigenvalue weighted by Gasteiger charge is -2.18. The van der Waals surface area contributed by atoms with Crippen LogP contribution in [0.1, 0.15) is 201 Å². The molecule has 0 bridgehead atoms. The van der Waals surface area contributed by atoms with Crippen LogP contribution in [0.5, 0.6) is 0 Å². The molecule has 0 saturated carbocycles. The summed E-state index contributed by atoms with van der Waals surface area (Å²) in [6.07, 6.45) is 69.1. The molecule has 0 aromatic heterocycles. The molecule has 0 amide bonds. The molecule has 354 valence electrons. The predicted molar refractivity (Wildman–Crippen MR) is 269 cm³/mol. The molecule has 63 heavy (non-hydrogen) atoms. The fourth-order valence-corrected chi connectivity index (χ4v) is 6.23. The Kier molecular flexibility index (Phi) is 47.1. The predicted octanol–water partition coefficient (Wildman–Crippen LogP) is 16.5. The van der Waals surface area contributed by atoms with Crippen molar-refractivity contribution >= 4 is 17.9 Å². The van der Waals surface area contributed by atoms with Gasteiger partial charge in [0, 0.05) is 19.3 Å². The molecule has 0 aliphatic carbocycles. The van der Waals surface area contributed by atoms with E-state index < -0.39 is 6.10 Å². The molecule has 0 N–H and O–H groups in total. The first kappa shape index (κ1) is 58.8. The quantitative estimate of drug-likeness (QED) is 0.0263. The normalized spacial score (nSPS) is 13.1. The molecule has 0 aliphatic heterocycles. The third-order valence-corrected chi connectivity index (χ3v) is 9.93. The average molecular weight is 871 g/mol. The van der Waals surface area contributed by atoms with E-state index in [-0.39, 0.29) is 37.5 Å². The van der Waals surface area contributed by atoms with Crippen molar-refractivity contribution in [2.75, 3.05) is 13.2 Å². The van der Waals surface area contributed by atoms with Crippen LogP contribution in [0.2, 0.25) is 0 Å². The van der Waals surface area contributed by atoms with Gasteiger partial charge in [-0.3, -0.25) is 14.4 Å². The van der Waals surface area contributed by atoms with Crippen LogP contribution in [0.4, 0.5) is 0 Å². The van der Waals surface area contributed by atoms with Crippen molar-refractivity contribution in [3.05, 3.63) is 122 Å². The third-order valence-electron chi connectivity index (χ3n) is 9.93. The minimum Gasteiger partial charge on any atom is -0.462 e. The maximum Gasteiger partial charge on any atom is 0.306 e. The highest BCUT2D eigenvalue weighted by Gasteiger charge is 2.19. The molecule has 0 aromatic rings. The number of hydrogen-bond donors (Lipinski definition) is 0. The van der Waals surface area contributed by atoms with Crippen LogP contribution in [0.15, 0.2) is 122 Å². The Morgan fingerprint density at radius 2 is 0.635 bits per heavy atom. The van der Waals surface area contributed by atoms with Crippen LogP contribution in [0, 0.1) is 0 Å².